The molecule has 0 fully saturated rings. The molecule has 1 atom stereocenters. The number of unbranched alkanes of at least 4 members (excludes halogenated alkanes) is 1. The molecule has 1 unspecified atom stereocenters. The van der Waals surface area contributed by atoms with Gasteiger partial charge in [-0.1, -0.05) is 32.4 Å². The van der Waals surface area contributed by atoms with E-state index in [1.165, 1.54) is 18.4 Å². The van der Waals surface area contributed by atoms with Gasteiger partial charge in [0.25, 0.3) is 0 Å². The fraction of sp³-hybridized carbons (Fsp3) is 0.500. The van der Waals surface area contributed by atoms with Crippen molar-refractivity contribution in [3.05, 3.63) is 29.8 Å². The third-order valence-electron chi connectivity index (χ3n) is 2.84. The van der Waals surface area contributed by atoms with Gasteiger partial charge in [-0.15, -0.1) is 12.4 Å². The Morgan fingerprint density at radius 1 is 1.33 bits per heavy atom. The van der Waals surface area contributed by atoms with Crippen LogP contribution in [0.15, 0.2) is 24.3 Å². The minimum absolute atomic E-state index is 0. The first-order chi connectivity index (χ1) is 8.17. The summed E-state index contributed by atoms with van der Waals surface area (Å²) in [5.74, 6) is -0.163. The average molecular weight is 271 g/mol. The second kappa shape index (κ2) is 8.95. The second-order valence-corrected chi connectivity index (χ2v) is 4.43. The van der Waals surface area contributed by atoms with E-state index in [4.69, 9.17) is 5.73 Å². The Labute approximate surface area is 116 Å². The summed E-state index contributed by atoms with van der Waals surface area (Å²) in [6, 6.07) is 8.04. The first-order valence-corrected chi connectivity index (χ1v) is 6.27. The van der Waals surface area contributed by atoms with Crippen LogP contribution in [-0.4, -0.2) is 12.5 Å². The fourth-order valence-corrected chi connectivity index (χ4v) is 1.51. The number of amides is 1. The molecule has 0 radical (unpaired) electrons. The lowest BCUT2D eigenvalue weighted by molar-refractivity contribution is -0.119. The molecule has 0 bridgehead atoms. The summed E-state index contributed by atoms with van der Waals surface area (Å²) in [7, 11) is 0. The maximum Gasteiger partial charge on any atom is 0.228 e. The summed E-state index contributed by atoms with van der Waals surface area (Å²) in [4.78, 5) is 11.6. The van der Waals surface area contributed by atoms with Crippen molar-refractivity contribution in [3.63, 3.8) is 0 Å². The first-order valence-electron chi connectivity index (χ1n) is 6.27. The van der Waals surface area contributed by atoms with Crippen LogP contribution in [-0.2, 0) is 11.2 Å². The van der Waals surface area contributed by atoms with Gasteiger partial charge in [0.15, 0.2) is 0 Å². The lowest BCUT2D eigenvalue weighted by Gasteiger charge is -2.10. The number of carbonyl (C=O) groups excluding carboxylic acids is 1. The van der Waals surface area contributed by atoms with Gasteiger partial charge in [0.1, 0.15) is 0 Å². The maximum atomic E-state index is 11.6. The van der Waals surface area contributed by atoms with Crippen LogP contribution in [0, 0.1) is 5.92 Å². The Morgan fingerprint density at radius 3 is 2.44 bits per heavy atom. The minimum atomic E-state index is -0.144. The zero-order valence-corrected chi connectivity index (χ0v) is 11.9. The van der Waals surface area contributed by atoms with Crippen molar-refractivity contribution < 1.29 is 4.79 Å². The van der Waals surface area contributed by atoms with Gasteiger partial charge in [-0.2, -0.15) is 0 Å². The molecule has 1 aromatic rings. The summed E-state index contributed by atoms with van der Waals surface area (Å²) in [5.41, 5.74) is 7.60. The number of hydrogen-bond donors (Lipinski definition) is 2. The van der Waals surface area contributed by atoms with Gasteiger partial charge >= 0.3 is 0 Å². The highest BCUT2D eigenvalue weighted by molar-refractivity contribution is 5.92. The Bertz CT molecular complexity index is 351. The highest BCUT2D eigenvalue weighted by atomic mass is 35.5. The molecule has 102 valence electrons. The number of nitrogens with one attached hydrogen (secondary N) is 1. The van der Waals surface area contributed by atoms with Crippen molar-refractivity contribution >= 4 is 24.0 Å². The van der Waals surface area contributed by atoms with Gasteiger partial charge in [-0.25, -0.2) is 0 Å². The maximum absolute atomic E-state index is 11.6. The Kier molecular flexibility index (Phi) is 8.42. The van der Waals surface area contributed by atoms with E-state index in [0.29, 0.717) is 6.54 Å². The molecule has 0 heterocycles. The van der Waals surface area contributed by atoms with Gasteiger partial charge in [-0.3, -0.25) is 4.79 Å². The van der Waals surface area contributed by atoms with E-state index in [-0.39, 0.29) is 24.2 Å². The van der Waals surface area contributed by atoms with Crippen LogP contribution in [0.5, 0.6) is 0 Å². The molecule has 1 amide bonds. The molecule has 0 aliphatic heterocycles. The minimum Gasteiger partial charge on any atom is -0.330 e. The van der Waals surface area contributed by atoms with E-state index in [1.807, 2.05) is 19.1 Å². The van der Waals surface area contributed by atoms with E-state index in [1.54, 1.807) is 0 Å². The molecule has 18 heavy (non-hydrogen) atoms. The molecule has 0 aliphatic carbocycles. The smallest absolute Gasteiger partial charge is 0.228 e. The third kappa shape index (κ3) is 5.52. The number of benzene rings is 1. The lowest BCUT2D eigenvalue weighted by atomic mass is 10.1. The number of aryl methyl sites for hydroxylation is 1. The third-order valence-corrected chi connectivity index (χ3v) is 2.84. The zero-order chi connectivity index (χ0) is 12.7. The molecule has 3 N–H and O–H groups in total. The normalized spacial score (nSPS) is 11.5. The fourth-order valence-electron chi connectivity index (χ4n) is 1.51. The van der Waals surface area contributed by atoms with E-state index >= 15 is 0 Å². The van der Waals surface area contributed by atoms with Gasteiger partial charge in [-0.05, 0) is 30.5 Å². The number of hydrogen-bond acceptors (Lipinski definition) is 2. The molecular weight excluding hydrogens is 248 g/mol. The van der Waals surface area contributed by atoms with Crippen LogP contribution in [0.1, 0.15) is 32.3 Å². The molecule has 0 saturated carbocycles. The number of carbonyl (C=O) groups is 1. The molecule has 0 aromatic heterocycles. The molecule has 1 aromatic carbocycles. The van der Waals surface area contributed by atoms with Gasteiger partial charge in [0, 0.05) is 18.2 Å². The lowest BCUT2D eigenvalue weighted by Crippen LogP contribution is -2.26. The van der Waals surface area contributed by atoms with Crippen LogP contribution >= 0.6 is 12.4 Å². The summed E-state index contributed by atoms with van der Waals surface area (Å²) in [6.45, 7) is 4.38. The highest BCUT2D eigenvalue weighted by Gasteiger charge is 2.10. The van der Waals surface area contributed by atoms with Crippen LogP contribution in [0.25, 0.3) is 0 Å². The number of nitrogens with two attached hydrogens (primary N) is 1. The van der Waals surface area contributed by atoms with Gasteiger partial charge in [0.05, 0.1) is 0 Å². The summed E-state index contributed by atoms with van der Waals surface area (Å²) < 4.78 is 0. The standard InChI is InChI=1S/C14H22N2O.ClH/c1-3-4-5-12-6-8-13(9-7-12)16-14(17)11(2)10-15;/h6-9,11H,3-5,10,15H2,1-2H3,(H,16,17);1H. The van der Waals surface area contributed by atoms with E-state index in [9.17, 15) is 4.79 Å². The molecule has 1 rings (SSSR count). The number of anilines is 1. The van der Waals surface area contributed by atoms with Crippen molar-refractivity contribution in [3.8, 4) is 0 Å². The Hall–Kier alpha value is -1.06. The van der Waals surface area contributed by atoms with Crippen molar-refractivity contribution in [2.45, 2.75) is 33.1 Å². The van der Waals surface area contributed by atoms with Crippen molar-refractivity contribution in [2.75, 3.05) is 11.9 Å². The van der Waals surface area contributed by atoms with Crippen molar-refractivity contribution in [1.82, 2.24) is 0 Å². The summed E-state index contributed by atoms with van der Waals surface area (Å²) in [5, 5.41) is 2.86. The van der Waals surface area contributed by atoms with Crippen molar-refractivity contribution in [2.24, 2.45) is 11.7 Å². The molecule has 4 heteroatoms. The summed E-state index contributed by atoms with van der Waals surface area (Å²) in [6.07, 6.45) is 3.51. The first kappa shape index (κ1) is 16.9. The summed E-state index contributed by atoms with van der Waals surface area (Å²) >= 11 is 0. The predicted octanol–water partition coefficient (Wildman–Crippen LogP) is 2.98. The average Bonchev–Trinajstić information content (AvgIpc) is 2.37. The number of rotatable bonds is 6. The second-order valence-electron chi connectivity index (χ2n) is 4.43. The zero-order valence-electron chi connectivity index (χ0n) is 11.1. The molecule has 0 aliphatic rings. The van der Waals surface area contributed by atoms with E-state index < -0.39 is 0 Å². The molecular formula is C14H23ClN2O. The van der Waals surface area contributed by atoms with Gasteiger partial charge < -0.3 is 11.1 Å². The van der Waals surface area contributed by atoms with E-state index in [0.717, 1.165) is 12.1 Å². The van der Waals surface area contributed by atoms with Crippen LogP contribution in [0.4, 0.5) is 5.69 Å². The van der Waals surface area contributed by atoms with Gasteiger partial charge in [0.2, 0.25) is 5.91 Å². The largest absolute Gasteiger partial charge is 0.330 e. The van der Waals surface area contributed by atoms with Crippen LogP contribution in [0.2, 0.25) is 0 Å². The Balaban J connectivity index is 0.00000289. The monoisotopic (exact) mass is 270 g/mol. The number of halogens is 1. The van der Waals surface area contributed by atoms with Crippen LogP contribution in [0.3, 0.4) is 0 Å². The molecule has 0 spiro atoms. The Morgan fingerprint density at radius 2 is 1.94 bits per heavy atom. The van der Waals surface area contributed by atoms with Crippen LogP contribution < -0.4 is 11.1 Å². The highest BCUT2D eigenvalue weighted by Crippen LogP contribution is 2.12. The molecule has 0 saturated heterocycles. The quantitative estimate of drug-likeness (QED) is 0.835. The SMILES string of the molecule is CCCCc1ccc(NC(=O)C(C)CN)cc1.Cl. The topological polar surface area (TPSA) is 55.1 Å². The van der Waals surface area contributed by atoms with Crippen molar-refractivity contribution in [1.29, 1.82) is 0 Å². The predicted molar refractivity (Wildman–Crippen MR) is 79.2 cm³/mol. The molecule has 3 nitrogen and oxygen atoms in total. The van der Waals surface area contributed by atoms with E-state index in [2.05, 4.69) is 24.4 Å².